The molecule has 19 heavy (non-hydrogen) atoms. The molecule has 1 rings (SSSR count). The van der Waals surface area contributed by atoms with Crippen LogP contribution in [0, 0.1) is 28.4 Å². The lowest BCUT2D eigenvalue weighted by atomic mass is 9.89. The van der Waals surface area contributed by atoms with Crippen molar-refractivity contribution >= 4 is 21.6 Å². The number of unbranched alkanes of at least 4 members (excludes halogenated alkanes) is 1. The van der Waals surface area contributed by atoms with Crippen LogP contribution in [0.25, 0.3) is 0 Å². The Morgan fingerprint density at radius 1 is 1.26 bits per heavy atom. The number of anilines is 1. The molecule has 1 aromatic carbocycles. The van der Waals surface area contributed by atoms with Gasteiger partial charge in [-0.05, 0) is 38.8 Å². The number of hydrogen-bond donors (Lipinski definition) is 1. The number of halogens is 3. The van der Waals surface area contributed by atoms with Gasteiger partial charge >= 0.3 is 0 Å². The second kappa shape index (κ2) is 6.85. The molecule has 0 aliphatic rings. The van der Waals surface area contributed by atoms with E-state index in [4.69, 9.17) is 5.26 Å². The number of nitriles is 1. The molecule has 1 N–H and O–H groups in total. The molecular formula is C14H17BrF2N2. The fourth-order valence-corrected chi connectivity index (χ4v) is 2.07. The van der Waals surface area contributed by atoms with E-state index in [1.165, 1.54) is 12.1 Å². The molecule has 0 spiro atoms. The topological polar surface area (TPSA) is 35.8 Å². The van der Waals surface area contributed by atoms with Gasteiger partial charge in [-0.25, -0.2) is 8.78 Å². The molecule has 104 valence electrons. The Hall–Kier alpha value is -1.15. The van der Waals surface area contributed by atoms with Gasteiger partial charge in [0.05, 0.1) is 11.5 Å². The second-order valence-electron chi connectivity index (χ2n) is 5.12. The molecule has 0 fully saturated rings. The average Bonchev–Trinajstić information content (AvgIpc) is 2.31. The maximum Gasteiger partial charge on any atom is 0.150 e. The second-order valence-corrected chi connectivity index (χ2v) is 6.04. The standard InChI is InChI=1S/C14H17BrF2N2/c1-14(2,9-18)5-3-4-6-19-13-11(16)7-10(15)8-12(13)17/h7-8,19H,3-6H2,1-2H3. The quantitative estimate of drug-likeness (QED) is 0.756. The summed E-state index contributed by atoms with van der Waals surface area (Å²) in [6, 6.07) is 4.68. The molecule has 0 aromatic heterocycles. The van der Waals surface area contributed by atoms with Crippen molar-refractivity contribution < 1.29 is 8.78 Å². The van der Waals surface area contributed by atoms with E-state index >= 15 is 0 Å². The first-order chi connectivity index (χ1) is 8.85. The van der Waals surface area contributed by atoms with Gasteiger partial charge in [-0.15, -0.1) is 0 Å². The van der Waals surface area contributed by atoms with Crippen LogP contribution in [0.1, 0.15) is 33.1 Å². The third-order valence-corrected chi connectivity index (χ3v) is 3.30. The predicted molar refractivity (Wildman–Crippen MR) is 75.8 cm³/mol. The molecule has 0 bridgehead atoms. The number of nitrogens with zero attached hydrogens (tertiary/aromatic N) is 1. The van der Waals surface area contributed by atoms with Crippen LogP contribution in [0.4, 0.5) is 14.5 Å². The first-order valence-corrected chi connectivity index (χ1v) is 6.95. The van der Waals surface area contributed by atoms with Crippen molar-refractivity contribution in [1.29, 1.82) is 5.26 Å². The Morgan fingerprint density at radius 2 is 1.84 bits per heavy atom. The minimum atomic E-state index is -0.607. The lowest BCUT2D eigenvalue weighted by molar-refractivity contribution is 0.429. The summed E-state index contributed by atoms with van der Waals surface area (Å²) in [5.74, 6) is -1.21. The fourth-order valence-electron chi connectivity index (χ4n) is 1.67. The molecule has 0 unspecified atom stereocenters. The van der Waals surface area contributed by atoms with Gasteiger partial charge in [0.1, 0.15) is 17.3 Å². The third kappa shape index (κ3) is 5.15. The number of nitrogens with one attached hydrogen (secondary N) is 1. The lowest BCUT2D eigenvalue weighted by Crippen LogP contribution is -2.10. The summed E-state index contributed by atoms with van der Waals surface area (Å²) in [4.78, 5) is 0. The minimum Gasteiger partial charge on any atom is -0.380 e. The summed E-state index contributed by atoms with van der Waals surface area (Å²) in [7, 11) is 0. The molecule has 0 saturated carbocycles. The highest BCUT2D eigenvalue weighted by molar-refractivity contribution is 9.10. The zero-order chi connectivity index (χ0) is 14.5. The summed E-state index contributed by atoms with van der Waals surface area (Å²) in [6.07, 6.45) is 2.38. The Bertz CT molecular complexity index is 458. The van der Waals surface area contributed by atoms with E-state index in [-0.39, 0.29) is 11.1 Å². The molecule has 1 aromatic rings. The Balaban J connectivity index is 2.41. The lowest BCUT2D eigenvalue weighted by Gasteiger charge is -2.15. The highest BCUT2D eigenvalue weighted by Gasteiger charge is 2.15. The van der Waals surface area contributed by atoms with Crippen LogP contribution in [-0.2, 0) is 0 Å². The molecule has 0 aliphatic heterocycles. The maximum atomic E-state index is 13.5. The molecule has 5 heteroatoms. The predicted octanol–water partition coefficient (Wildman–Crippen LogP) is 4.86. The largest absolute Gasteiger partial charge is 0.380 e. The van der Waals surface area contributed by atoms with Crippen molar-refractivity contribution in [3.8, 4) is 6.07 Å². The summed E-state index contributed by atoms with van der Waals surface area (Å²) in [5.41, 5.74) is -0.434. The fraction of sp³-hybridized carbons (Fsp3) is 0.500. The van der Waals surface area contributed by atoms with Gasteiger partial charge in [0, 0.05) is 11.0 Å². The molecule has 0 atom stereocenters. The van der Waals surface area contributed by atoms with Crippen LogP contribution >= 0.6 is 15.9 Å². The minimum absolute atomic E-state index is 0.0947. The van der Waals surface area contributed by atoms with Crippen LogP contribution in [0.2, 0.25) is 0 Å². The highest BCUT2D eigenvalue weighted by atomic mass is 79.9. The number of benzene rings is 1. The number of hydrogen-bond acceptors (Lipinski definition) is 2. The Labute approximate surface area is 120 Å². The van der Waals surface area contributed by atoms with E-state index in [0.29, 0.717) is 11.0 Å². The molecule has 0 aliphatic carbocycles. The SMILES string of the molecule is CC(C)(C#N)CCCCNc1c(F)cc(Br)cc1F. The van der Waals surface area contributed by atoms with Gasteiger partial charge in [-0.1, -0.05) is 22.4 Å². The summed E-state index contributed by atoms with van der Waals surface area (Å²) < 4.78 is 27.4. The van der Waals surface area contributed by atoms with Gasteiger partial charge in [0.15, 0.2) is 0 Å². The van der Waals surface area contributed by atoms with Gasteiger partial charge < -0.3 is 5.32 Å². The molecule has 0 amide bonds. The zero-order valence-corrected chi connectivity index (χ0v) is 12.7. The first kappa shape index (κ1) is 15.9. The van der Waals surface area contributed by atoms with E-state index < -0.39 is 11.6 Å². The van der Waals surface area contributed by atoms with Crippen molar-refractivity contribution in [2.24, 2.45) is 5.41 Å². The van der Waals surface area contributed by atoms with Crippen molar-refractivity contribution in [1.82, 2.24) is 0 Å². The van der Waals surface area contributed by atoms with E-state index in [9.17, 15) is 8.78 Å². The van der Waals surface area contributed by atoms with Crippen molar-refractivity contribution in [3.05, 3.63) is 28.2 Å². The van der Waals surface area contributed by atoms with Gasteiger partial charge in [-0.2, -0.15) is 5.26 Å². The van der Waals surface area contributed by atoms with Crippen molar-refractivity contribution in [2.45, 2.75) is 33.1 Å². The average molecular weight is 331 g/mol. The highest BCUT2D eigenvalue weighted by Crippen LogP contribution is 2.24. The molecule has 0 radical (unpaired) electrons. The summed E-state index contributed by atoms with van der Waals surface area (Å²) >= 11 is 3.03. The van der Waals surface area contributed by atoms with Crippen LogP contribution in [-0.4, -0.2) is 6.54 Å². The zero-order valence-electron chi connectivity index (χ0n) is 11.1. The van der Waals surface area contributed by atoms with Crippen molar-refractivity contribution in [2.75, 3.05) is 11.9 Å². The van der Waals surface area contributed by atoms with E-state index in [1.807, 2.05) is 13.8 Å². The van der Waals surface area contributed by atoms with Gasteiger partial charge in [-0.3, -0.25) is 0 Å². The molecule has 0 saturated heterocycles. The maximum absolute atomic E-state index is 13.5. The van der Waals surface area contributed by atoms with E-state index in [0.717, 1.165) is 19.3 Å². The first-order valence-electron chi connectivity index (χ1n) is 6.15. The van der Waals surface area contributed by atoms with Crippen LogP contribution in [0.15, 0.2) is 16.6 Å². The molecule has 2 nitrogen and oxygen atoms in total. The summed E-state index contributed by atoms with van der Waals surface area (Å²) in [6.45, 7) is 4.25. The molecular weight excluding hydrogens is 314 g/mol. The van der Waals surface area contributed by atoms with Gasteiger partial charge in [0.2, 0.25) is 0 Å². The Morgan fingerprint density at radius 3 is 2.37 bits per heavy atom. The van der Waals surface area contributed by atoms with Crippen LogP contribution < -0.4 is 5.32 Å². The van der Waals surface area contributed by atoms with Crippen molar-refractivity contribution in [3.63, 3.8) is 0 Å². The Kier molecular flexibility index (Phi) is 5.74. The summed E-state index contributed by atoms with van der Waals surface area (Å²) in [5, 5.41) is 11.6. The van der Waals surface area contributed by atoms with Gasteiger partial charge in [0.25, 0.3) is 0 Å². The van der Waals surface area contributed by atoms with Crippen LogP contribution in [0.3, 0.4) is 0 Å². The monoisotopic (exact) mass is 330 g/mol. The number of rotatable bonds is 6. The van der Waals surface area contributed by atoms with E-state index in [2.05, 4.69) is 27.3 Å². The molecule has 0 heterocycles. The normalized spacial score (nSPS) is 11.2. The van der Waals surface area contributed by atoms with Crippen LogP contribution in [0.5, 0.6) is 0 Å². The smallest absolute Gasteiger partial charge is 0.150 e. The van der Waals surface area contributed by atoms with E-state index in [1.54, 1.807) is 0 Å². The third-order valence-electron chi connectivity index (χ3n) is 2.84.